The van der Waals surface area contributed by atoms with Crippen molar-refractivity contribution in [1.82, 2.24) is 14.5 Å². The number of aromatic amines is 1. The highest BCUT2D eigenvalue weighted by Crippen LogP contribution is 2.20. The fourth-order valence-electron chi connectivity index (χ4n) is 1.58. The van der Waals surface area contributed by atoms with Crippen molar-refractivity contribution in [2.75, 3.05) is 5.73 Å². The van der Waals surface area contributed by atoms with Crippen molar-refractivity contribution in [3.63, 3.8) is 0 Å². The zero-order valence-corrected chi connectivity index (χ0v) is 9.03. The molecule has 2 heterocycles. The van der Waals surface area contributed by atoms with Gasteiger partial charge in [0.15, 0.2) is 0 Å². The molecule has 3 N–H and O–H groups in total. The molecular weight excluding hydrogens is 192 g/mol. The molecule has 80 valence electrons. The predicted octanol–water partition coefficient (Wildman–Crippen LogP) is 1.06. The Labute approximate surface area is 86.9 Å². The van der Waals surface area contributed by atoms with E-state index in [9.17, 15) is 4.79 Å². The third-order valence-corrected chi connectivity index (χ3v) is 2.29. The standard InChI is InChI=1S/C10H14N4O/c1-10(2,3)14-5-4-6-7(14)12-9(11)13-8(6)15/h4-5H,1-3H3,(H3,11,12,13,15). The quantitative estimate of drug-likeness (QED) is 0.676. The summed E-state index contributed by atoms with van der Waals surface area (Å²) in [6.07, 6.45) is 1.85. The van der Waals surface area contributed by atoms with Crippen LogP contribution >= 0.6 is 0 Å². The topological polar surface area (TPSA) is 76.7 Å². The van der Waals surface area contributed by atoms with E-state index in [2.05, 4.69) is 9.97 Å². The van der Waals surface area contributed by atoms with Crippen molar-refractivity contribution in [3.8, 4) is 0 Å². The molecular formula is C10H14N4O. The number of nitrogen functional groups attached to an aromatic ring is 1. The number of H-pyrrole nitrogens is 1. The molecule has 0 spiro atoms. The predicted molar refractivity (Wildman–Crippen MR) is 59.8 cm³/mol. The highest BCUT2D eigenvalue weighted by molar-refractivity contribution is 5.76. The summed E-state index contributed by atoms with van der Waals surface area (Å²) in [5.74, 6) is 0.150. The Morgan fingerprint density at radius 1 is 1.47 bits per heavy atom. The monoisotopic (exact) mass is 206 g/mol. The smallest absolute Gasteiger partial charge is 0.261 e. The van der Waals surface area contributed by atoms with Crippen LogP contribution in [0.2, 0.25) is 0 Å². The number of hydrogen-bond acceptors (Lipinski definition) is 3. The molecule has 2 aromatic rings. The number of nitrogens with two attached hydrogens (primary N) is 1. The molecule has 5 nitrogen and oxygen atoms in total. The lowest BCUT2D eigenvalue weighted by Gasteiger charge is -2.21. The number of aromatic nitrogens is 3. The lowest BCUT2D eigenvalue weighted by atomic mass is 10.1. The van der Waals surface area contributed by atoms with Crippen LogP contribution in [-0.2, 0) is 5.54 Å². The van der Waals surface area contributed by atoms with Crippen LogP contribution in [0.15, 0.2) is 17.1 Å². The van der Waals surface area contributed by atoms with Gasteiger partial charge < -0.3 is 10.3 Å². The molecule has 0 aliphatic heterocycles. The van der Waals surface area contributed by atoms with Gasteiger partial charge >= 0.3 is 0 Å². The molecule has 2 rings (SSSR count). The Balaban J connectivity index is 2.86. The molecule has 0 fully saturated rings. The van der Waals surface area contributed by atoms with Gasteiger partial charge in [-0.1, -0.05) is 0 Å². The lowest BCUT2D eigenvalue weighted by Crippen LogP contribution is -2.22. The van der Waals surface area contributed by atoms with Gasteiger partial charge in [0, 0.05) is 11.7 Å². The Hall–Kier alpha value is -1.78. The molecule has 15 heavy (non-hydrogen) atoms. The van der Waals surface area contributed by atoms with Gasteiger partial charge in [-0.05, 0) is 26.8 Å². The van der Waals surface area contributed by atoms with Crippen LogP contribution in [0.5, 0.6) is 0 Å². The molecule has 0 unspecified atom stereocenters. The zero-order chi connectivity index (χ0) is 11.2. The largest absolute Gasteiger partial charge is 0.369 e. The third kappa shape index (κ3) is 1.49. The van der Waals surface area contributed by atoms with Crippen LogP contribution in [0, 0.1) is 0 Å². The minimum absolute atomic E-state index is 0.116. The van der Waals surface area contributed by atoms with Crippen molar-refractivity contribution in [2.24, 2.45) is 0 Å². The minimum atomic E-state index is -0.194. The van der Waals surface area contributed by atoms with Gasteiger partial charge in [0.05, 0.1) is 5.39 Å². The van der Waals surface area contributed by atoms with Gasteiger partial charge in [-0.2, -0.15) is 4.98 Å². The Bertz CT molecular complexity index is 559. The van der Waals surface area contributed by atoms with Crippen LogP contribution in [0.3, 0.4) is 0 Å². The summed E-state index contributed by atoms with van der Waals surface area (Å²) in [6, 6.07) is 1.76. The van der Waals surface area contributed by atoms with E-state index in [1.165, 1.54) is 0 Å². The second-order valence-electron chi connectivity index (χ2n) is 4.55. The van der Waals surface area contributed by atoms with Crippen LogP contribution in [-0.4, -0.2) is 14.5 Å². The second-order valence-corrected chi connectivity index (χ2v) is 4.55. The zero-order valence-electron chi connectivity index (χ0n) is 9.03. The summed E-state index contributed by atoms with van der Waals surface area (Å²) in [7, 11) is 0. The summed E-state index contributed by atoms with van der Waals surface area (Å²) >= 11 is 0. The average Bonchev–Trinajstić information content (AvgIpc) is 2.45. The molecule has 0 aliphatic rings. The number of hydrogen-bond donors (Lipinski definition) is 2. The molecule has 0 atom stereocenters. The first-order valence-corrected chi connectivity index (χ1v) is 4.77. The van der Waals surface area contributed by atoms with E-state index >= 15 is 0 Å². The number of anilines is 1. The van der Waals surface area contributed by atoms with Gasteiger partial charge in [0.1, 0.15) is 5.65 Å². The number of fused-ring (bicyclic) bond motifs is 1. The van der Waals surface area contributed by atoms with E-state index in [1.54, 1.807) is 6.07 Å². The summed E-state index contributed by atoms with van der Waals surface area (Å²) < 4.78 is 1.94. The molecule has 0 radical (unpaired) electrons. The van der Waals surface area contributed by atoms with Gasteiger partial charge in [-0.3, -0.25) is 9.78 Å². The first-order chi connectivity index (χ1) is 6.89. The van der Waals surface area contributed by atoms with Crippen LogP contribution < -0.4 is 11.3 Å². The van der Waals surface area contributed by atoms with Gasteiger partial charge in [-0.25, -0.2) is 0 Å². The molecule has 5 heteroatoms. The van der Waals surface area contributed by atoms with Gasteiger partial charge in [0.25, 0.3) is 5.56 Å². The Morgan fingerprint density at radius 2 is 2.13 bits per heavy atom. The van der Waals surface area contributed by atoms with E-state index < -0.39 is 0 Å². The van der Waals surface area contributed by atoms with E-state index in [0.29, 0.717) is 11.0 Å². The third-order valence-electron chi connectivity index (χ3n) is 2.29. The van der Waals surface area contributed by atoms with Crippen molar-refractivity contribution >= 4 is 17.0 Å². The number of rotatable bonds is 0. The van der Waals surface area contributed by atoms with Crippen LogP contribution in [0.4, 0.5) is 5.95 Å². The first-order valence-electron chi connectivity index (χ1n) is 4.77. The highest BCUT2D eigenvalue weighted by atomic mass is 16.1. The number of nitrogens with one attached hydrogen (secondary N) is 1. The summed E-state index contributed by atoms with van der Waals surface area (Å²) in [6.45, 7) is 6.14. The fraction of sp³-hybridized carbons (Fsp3) is 0.400. The van der Waals surface area contributed by atoms with Crippen LogP contribution in [0.1, 0.15) is 20.8 Å². The maximum Gasteiger partial charge on any atom is 0.261 e. The summed E-state index contributed by atoms with van der Waals surface area (Å²) in [5.41, 5.74) is 5.83. The molecule has 0 amide bonds. The lowest BCUT2D eigenvalue weighted by molar-refractivity contribution is 0.408. The normalized spacial score (nSPS) is 12.2. The SMILES string of the molecule is CC(C)(C)n1ccc2c(=O)[nH]c(N)nc21. The number of nitrogens with zero attached hydrogens (tertiary/aromatic N) is 2. The van der Waals surface area contributed by atoms with E-state index in [-0.39, 0.29) is 17.0 Å². The maximum atomic E-state index is 11.6. The van der Waals surface area contributed by atoms with Crippen molar-refractivity contribution in [3.05, 3.63) is 22.6 Å². The summed E-state index contributed by atoms with van der Waals surface area (Å²) in [5, 5.41) is 0.569. The van der Waals surface area contributed by atoms with Crippen molar-refractivity contribution in [2.45, 2.75) is 26.3 Å². The molecule has 0 saturated carbocycles. The average molecular weight is 206 g/mol. The van der Waals surface area contributed by atoms with E-state index in [1.807, 2.05) is 31.5 Å². The summed E-state index contributed by atoms with van der Waals surface area (Å²) in [4.78, 5) is 18.2. The Morgan fingerprint density at radius 3 is 2.73 bits per heavy atom. The van der Waals surface area contributed by atoms with Gasteiger partial charge in [-0.15, -0.1) is 0 Å². The van der Waals surface area contributed by atoms with Crippen molar-refractivity contribution < 1.29 is 0 Å². The van der Waals surface area contributed by atoms with E-state index in [4.69, 9.17) is 5.73 Å². The highest BCUT2D eigenvalue weighted by Gasteiger charge is 2.17. The minimum Gasteiger partial charge on any atom is -0.369 e. The van der Waals surface area contributed by atoms with E-state index in [0.717, 1.165) is 0 Å². The maximum absolute atomic E-state index is 11.6. The fourth-order valence-corrected chi connectivity index (χ4v) is 1.58. The molecule has 0 bridgehead atoms. The van der Waals surface area contributed by atoms with Gasteiger partial charge in [0.2, 0.25) is 5.95 Å². The second kappa shape index (κ2) is 2.85. The Kier molecular flexibility index (Phi) is 1.86. The van der Waals surface area contributed by atoms with Crippen molar-refractivity contribution in [1.29, 1.82) is 0 Å². The van der Waals surface area contributed by atoms with Crippen LogP contribution in [0.25, 0.3) is 11.0 Å². The molecule has 2 aromatic heterocycles. The molecule has 0 aromatic carbocycles. The first kappa shape index (κ1) is 9.76. The molecule has 0 saturated heterocycles. The molecule has 0 aliphatic carbocycles.